The van der Waals surface area contributed by atoms with Crippen LogP contribution in [0, 0.1) is 0 Å². The third kappa shape index (κ3) is 3.27. The second-order valence-electron chi connectivity index (χ2n) is 6.34. The van der Waals surface area contributed by atoms with Crippen molar-refractivity contribution < 1.29 is 13.9 Å². The zero-order chi connectivity index (χ0) is 20.7. The molecule has 0 unspecified atom stereocenters. The molecule has 9 heteroatoms. The van der Waals surface area contributed by atoms with Crippen LogP contribution in [-0.4, -0.2) is 24.2 Å². The Balaban J connectivity index is 1.46. The van der Waals surface area contributed by atoms with Crippen LogP contribution in [0.4, 0.5) is 10.3 Å². The molecule has 0 radical (unpaired) electrons. The molecule has 30 heavy (non-hydrogen) atoms. The third-order valence-corrected chi connectivity index (χ3v) is 6.22. The fourth-order valence-electron chi connectivity index (χ4n) is 3.10. The van der Waals surface area contributed by atoms with E-state index in [1.807, 2.05) is 35.7 Å². The molecule has 0 aliphatic heterocycles. The van der Waals surface area contributed by atoms with Gasteiger partial charge in [0.15, 0.2) is 21.8 Å². The van der Waals surface area contributed by atoms with E-state index in [4.69, 9.17) is 13.9 Å². The van der Waals surface area contributed by atoms with Crippen molar-refractivity contribution in [3.8, 4) is 22.8 Å². The van der Waals surface area contributed by atoms with Gasteiger partial charge < -0.3 is 19.2 Å². The third-order valence-electron chi connectivity index (χ3n) is 4.53. The maximum absolute atomic E-state index is 12.4. The summed E-state index contributed by atoms with van der Waals surface area (Å²) in [4.78, 5) is 21.5. The molecular formula is C21H15N3O4S2. The number of para-hydroxylation sites is 1. The fourth-order valence-corrected chi connectivity index (χ4v) is 4.74. The lowest BCUT2D eigenvalue weighted by atomic mass is 10.1. The lowest BCUT2D eigenvalue weighted by Gasteiger charge is -2.05. The van der Waals surface area contributed by atoms with Gasteiger partial charge in [0.05, 0.1) is 35.7 Å². The first kappa shape index (κ1) is 18.6. The lowest BCUT2D eigenvalue weighted by Crippen LogP contribution is -2.02. The maximum Gasteiger partial charge on any atom is 0.345 e. The quantitative estimate of drug-likeness (QED) is 0.374. The Labute approximate surface area is 178 Å². The number of aromatic nitrogens is 2. The van der Waals surface area contributed by atoms with Crippen molar-refractivity contribution in [3.05, 3.63) is 58.3 Å². The minimum Gasteiger partial charge on any atom is -0.493 e. The van der Waals surface area contributed by atoms with Crippen molar-refractivity contribution in [3.63, 3.8) is 0 Å². The van der Waals surface area contributed by atoms with Crippen molar-refractivity contribution in [2.75, 3.05) is 19.5 Å². The van der Waals surface area contributed by atoms with Gasteiger partial charge in [-0.1, -0.05) is 29.5 Å². The average Bonchev–Trinajstić information content (AvgIpc) is 3.38. The summed E-state index contributed by atoms with van der Waals surface area (Å²) < 4.78 is 17.1. The molecule has 2 aromatic carbocycles. The van der Waals surface area contributed by atoms with Crippen molar-refractivity contribution in [2.24, 2.45) is 0 Å². The first-order valence-corrected chi connectivity index (χ1v) is 10.6. The molecule has 5 rings (SSSR count). The van der Waals surface area contributed by atoms with Gasteiger partial charge in [-0.3, -0.25) is 0 Å². The number of anilines is 2. The molecule has 0 fully saturated rings. The molecule has 1 N–H and O–H groups in total. The summed E-state index contributed by atoms with van der Waals surface area (Å²) in [5.74, 6) is 1.28. The van der Waals surface area contributed by atoms with Crippen LogP contribution in [0.2, 0.25) is 0 Å². The molecule has 0 saturated carbocycles. The Morgan fingerprint density at radius 3 is 2.63 bits per heavy atom. The molecule has 0 aliphatic rings. The molecule has 5 aromatic rings. The first-order valence-electron chi connectivity index (χ1n) is 8.93. The molecule has 0 bridgehead atoms. The monoisotopic (exact) mass is 437 g/mol. The highest BCUT2D eigenvalue weighted by Gasteiger charge is 2.14. The van der Waals surface area contributed by atoms with E-state index in [1.165, 1.54) is 22.7 Å². The molecule has 7 nitrogen and oxygen atoms in total. The highest BCUT2D eigenvalue weighted by Crippen LogP contribution is 2.37. The van der Waals surface area contributed by atoms with Crippen LogP contribution in [-0.2, 0) is 0 Å². The molecule has 0 atom stereocenters. The van der Waals surface area contributed by atoms with E-state index in [1.54, 1.807) is 26.4 Å². The van der Waals surface area contributed by atoms with Crippen LogP contribution < -0.4 is 20.4 Å². The van der Waals surface area contributed by atoms with E-state index in [0.29, 0.717) is 38.6 Å². The minimum atomic E-state index is -0.412. The average molecular weight is 438 g/mol. The van der Waals surface area contributed by atoms with Gasteiger partial charge in [-0.25, -0.2) is 14.8 Å². The van der Waals surface area contributed by atoms with Gasteiger partial charge in [0.25, 0.3) is 0 Å². The van der Waals surface area contributed by atoms with Crippen LogP contribution in [0.3, 0.4) is 0 Å². The number of hydrogen-bond acceptors (Lipinski definition) is 9. The molecule has 0 aliphatic carbocycles. The van der Waals surface area contributed by atoms with Gasteiger partial charge in [0, 0.05) is 22.9 Å². The number of nitrogens with one attached hydrogen (secondary N) is 1. The largest absolute Gasteiger partial charge is 0.493 e. The Kier molecular flexibility index (Phi) is 4.61. The summed E-state index contributed by atoms with van der Waals surface area (Å²) in [7, 11) is 3.19. The number of ether oxygens (including phenoxy) is 2. The number of fused-ring (bicyclic) bond motifs is 2. The van der Waals surface area contributed by atoms with Crippen molar-refractivity contribution >= 4 is 54.1 Å². The highest BCUT2D eigenvalue weighted by atomic mass is 32.1. The van der Waals surface area contributed by atoms with Crippen LogP contribution in [0.5, 0.6) is 11.5 Å². The first-order chi connectivity index (χ1) is 14.6. The molecule has 3 aromatic heterocycles. The van der Waals surface area contributed by atoms with E-state index in [2.05, 4.69) is 15.3 Å². The van der Waals surface area contributed by atoms with E-state index < -0.39 is 5.63 Å². The number of benzene rings is 2. The van der Waals surface area contributed by atoms with Gasteiger partial charge in [-0.05, 0) is 12.1 Å². The second kappa shape index (κ2) is 7.43. The fraction of sp³-hybridized carbons (Fsp3) is 0.0952. The summed E-state index contributed by atoms with van der Waals surface area (Å²) in [6.07, 6.45) is 0. The highest BCUT2D eigenvalue weighted by molar-refractivity contribution is 7.22. The van der Waals surface area contributed by atoms with E-state index >= 15 is 0 Å². The molecule has 150 valence electrons. The molecule has 0 amide bonds. The van der Waals surface area contributed by atoms with Gasteiger partial charge in [0.2, 0.25) is 0 Å². The normalized spacial score (nSPS) is 11.1. The van der Waals surface area contributed by atoms with Gasteiger partial charge >= 0.3 is 5.63 Å². The van der Waals surface area contributed by atoms with E-state index in [9.17, 15) is 4.79 Å². The predicted octanol–water partition coefficient (Wildman–Crippen LogP) is 5.29. The Morgan fingerprint density at radius 2 is 1.80 bits per heavy atom. The van der Waals surface area contributed by atoms with Gasteiger partial charge in [0.1, 0.15) is 5.58 Å². The number of rotatable bonds is 5. The summed E-state index contributed by atoms with van der Waals surface area (Å²) in [5, 5.41) is 7.21. The van der Waals surface area contributed by atoms with Crippen molar-refractivity contribution in [2.45, 2.75) is 0 Å². The lowest BCUT2D eigenvalue weighted by molar-refractivity contribution is 0.356. The topological polar surface area (TPSA) is 86.5 Å². The number of thiazole rings is 2. The zero-order valence-electron chi connectivity index (χ0n) is 16.0. The number of hydrogen-bond donors (Lipinski definition) is 1. The standard InChI is InChI=1S/C21H15N3O4S2/c1-26-16-8-13-18(9-17(16)27-2)30-21(22-13)24-20-23-14(10-29-20)12-7-11-5-3-4-6-15(11)28-19(12)25/h3-10H,1-2H3,(H,22,23,24). The minimum absolute atomic E-state index is 0.412. The Bertz CT molecular complexity index is 1400. The second-order valence-corrected chi connectivity index (χ2v) is 8.23. The molecular weight excluding hydrogens is 422 g/mol. The molecule has 0 spiro atoms. The van der Waals surface area contributed by atoms with E-state index in [0.717, 1.165) is 15.6 Å². The van der Waals surface area contributed by atoms with Crippen LogP contribution in [0.15, 0.2) is 57.1 Å². The van der Waals surface area contributed by atoms with Crippen molar-refractivity contribution in [1.29, 1.82) is 0 Å². The van der Waals surface area contributed by atoms with Crippen molar-refractivity contribution in [1.82, 2.24) is 9.97 Å². The SMILES string of the molecule is COc1cc2nc(Nc3nc(-c4cc5ccccc5oc4=O)cs3)sc2cc1OC. The summed E-state index contributed by atoms with van der Waals surface area (Å²) in [6.45, 7) is 0. The summed E-state index contributed by atoms with van der Waals surface area (Å²) in [6, 6.07) is 12.9. The van der Waals surface area contributed by atoms with Crippen LogP contribution in [0.1, 0.15) is 0 Å². The van der Waals surface area contributed by atoms with Gasteiger partial charge in [-0.15, -0.1) is 11.3 Å². The molecule has 3 heterocycles. The summed E-state index contributed by atoms with van der Waals surface area (Å²) >= 11 is 2.87. The summed E-state index contributed by atoms with van der Waals surface area (Å²) in [5.41, 5.74) is 1.93. The number of nitrogens with zero attached hydrogens (tertiary/aromatic N) is 2. The van der Waals surface area contributed by atoms with Gasteiger partial charge in [-0.2, -0.15) is 0 Å². The number of methoxy groups -OCH3 is 2. The predicted molar refractivity (Wildman–Crippen MR) is 120 cm³/mol. The van der Waals surface area contributed by atoms with Crippen LogP contribution in [0.25, 0.3) is 32.4 Å². The molecule has 0 saturated heterocycles. The zero-order valence-corrected chi connectivity index (χ0v) is 17.6. The van der Waals surface area contributed by atoms with E-state index in [-0.39, 0.29) is 0 Å². The smallest absolute Gasteiger partial charge is 0.345 e. The van der Waals surface area contributed by atoms with Crippen LogP contribution >= 0.6 is 22.7 Å². The Morgan fingerprint density at radius 1 is 1.00 bits per heavy atom. The Hall–Kier alpha value is -3.43. The maximum atomic E-state index is 12.4.